The van der Waals surface area contributed by atoms with Crippen LogP contribution >= 0.6 is 0 Å². The number of benzene rings is 2. The number of aliphatic hydroxyl groups excluding tert-OH is 1. The lowest BCUT2D eigenvalue weighted by Gasteiger charge is -2.31. The van der Waals surface area contributed by atoms with Crippen molar-refractivity contribution in [1.29, 1.82) is 0 Å². The maximum atomic E-state index is 9.61. The minimum Gasteiger partial charge on any atom is -0.508 e. The molecule has 0 heterocycles. The van der Waals surface area contributed by atoms with E-state index < -0.39 is 6.23 Å². The molecule has 0 aliphatic heterocycles. The quantitative estimate of drug-likeness (QED) is 0.732. The number of aliphatic hydroxyl groups is 1. The first-order chi connectivity index (χ1) is 9.49. The first kappa shape index (κ1) is 14.6. The van der Waals surface area contributed by atoms with Gasteiger partial charge in [-0.3, -0.25) is 0 Å². The molecule has 0 aromatic heterocycles. The fourth-order valence-corrected chi connectivity index (χ4v) is 2.66. The van der Waals surface area contributed by atoms with Crippen LogP contribution in [0.5, 0.6) is 5.75 Å². The van der Waals surface area contributed by atoms with Gasteiger partial charge in [-0.2, -0.15) is 0 Å². The van der Waals surface area contributed by atoms with Gasteiger partial charge in [-0.05, 0) is 36.1 Å². The SMILES string of the molecule is CC(Cc1ccc(O)cc1)(C[C@H](N)O)c1ccccc1. The van der Waals surface area contributed by atoms with Crippen LogP contribution in [0.3, 0.4) is 0 Å². The van der Waals surface area contributed by atoms with Gasteiger partial charge in [-0.25, -0.2) is 0 Å². The summed E-state index contributed by atoms with van der Waals surface area (Å²) in [5, 5.41) is 19.0. The van der Waals surface area contributed by atoms with Crippen molar-refractivity contribution in [2.24, 2.45) is 5.73 Å². The van der Waals surface area contributed by atoms with Gasteiger partial charge >= 0.3 is 0 Å². The summed E-state index contributed by atoms with van der Waals surface area (Å²) in [5.74, 6) is 0.258. The van der Waals surface area contributed by atoms with Crippen molar-refractivity contribution in [3.8, 4) is 5.75 Å². The van der Waals surface area contributed by atoms with Crippen molar-refractivity contribution in [3.63, 3.8) is 0 Å². The lowest BCUT2D eigenvalue weighted by Crippen LogP contribution is -2.34. The molecule has 0 saturated heterocycles. The summed E-state index contributed by atoms with van der Waals surface area (Å²) in [5.41, 5.74) is 7.62. The summed E-state index contributed by atoms with van der Waals surface area (Å²) in [6, 6.07) is 17.2. The molecule has 0 bridgehead atoms. The van der Waals surface area contributed by atoms with E-state index >= 15 is 0 Å². The van der Waals surface area contributed by atoms with Crippen molar-refractivity contribution in [3.05, 3.63) is 65.7 Å². The minimum absolute atomic E-state index is 0.244. The molecule has 1 unspecified atom stereocenters. The Morgan fingerprint density at radius 1 is 1.05 bits per heavy atom. The highest BCUT2D eigenvalue weighted by atomic mass is 16.3. The van der Waals surface area contributed by atoms with Gasteiger partial charge in [0.2, 0.25) is 0 Å². The second-order valence-corrected chi connectivity index (χ2v) is 5.54. The van der Waals surface area contributed by atoms with Crippen LogP contribution in [0.4, 0.5) is 0 Å². The summed E-state index contributed by atoms with van der Waals surface area (Å²) in [6.45, 7) is 2.10. The van der Waals surface area contributed by atoms with E-state index in [4.69, 9.17) is 5.73 Å². The van der Waals surface area contributed by atoms with E-state index in [1.54, 1.807) is 12.1 Å². The lowest BCUT2D eigenvalue weighted by atomic mass is 9.74. The molecular formula is C17H21NO2. The van der Waals surface area contributed by atoms with Crippen molar-refractivity contribution >= 4 is 0 Å². The molecule has 106 valence electrons. The Labute approximate surface area is 119 Å². The van der Waals surface area contributed by atoms with E-state index in [1.807, 2.05) is 30.3 Å². The van der Waals surface area contributed by atoms with Crippen LogP contribution in [0.25, 0.3) is 0 Å². The molecule has 2 rings (SSSR count). The predicted molar refractivity (Wildman–Crippen MR) is 80.4 cm³/mol. The molecule has 0 aliphatic rings. The molecule has 2 aromatic rings. The molecule has 3 heteroatoms. The highest BCUT2D eigenvalue weighted by Gasteiger charge is 2.28. The van der Waals surface area contributed by atoms with Gasteiger partial charge in [-0.1, -0.05) is 49.4 Å². The fraction of sp³-hybridized carbons (Fsp3) is 0.294. The topological polar surface area (TPSA) is 66.5 Å². The molecule has 2 atom stereocenters. The highest BCUT2D eigenvalue weighted by molar-refractivity contribution is 5.31. The van der Waals surface area contributed by atoms with Crippen molar-refractivity contribution in [2.75, 3.05) is 0 Å². The summed E-state index contributed by atoms with van der Waals surface area (Å²) < 4.78 is 0. The second kappa shape index (κ2) is 6.07. The molecule has 20 heavy (non-hydrogen) atoms. The van der Waals surface area contributed by atoms with Crippen molar-refractivity contribution < 1.29 is 10.2 Å². The third-order valence-corrected chi connectivity index (χ3v) is 3.66. The Morgan fingerprint density at radius 2 is 1.65 bits per heavy atom. The molecule has 3 nitrogen and oxygen atoms in total. The molecule has 4 N–H and O–H groups in total. The van der Waals surface area contributed by atoms with Crippen LogP contribution in [0.2, 0.25) is 0 Å². The second-order valence-electron chi connectivity index (χ2n) is 5.54. The number of aromatic hydroxyl groups is 1. The van der Waals surface area contributed by atoms with E-state index in [-0.39, 0.29) is 11.2 Å². The van der Waals surface area contributed by atoms with Crippen LogP contribution in [0.1, 0.15) is 24.5 Å². The molecule has 0 aliphatic carbocycles. The lowest BCUT2D eigenvalue weighted by molar-refractivity contribution is 0.140. The molecule has 0 amide bonds. The highest BCUT2D eigenvalue weighted by Crippen LogP contribution is 2.32. The average Bonchev–Trinajstić information content (AvgIpc) is 2.42. The standard InChI is InChI=1S/C17H21NO2/c1-17(12-16(18)20,14-5-3-2-4-6-14)11-13-7-9-15(19)10-8-13/h2-10,16,19-20H,11-12,18H2,1H3/t16-,17?/m1/s1. The van der Waals surface area contributed by atoms with Gasteiger partial charge in [0.15, 0.2) is 0 Å². The fourth-order valence-electron chi connectivity index (χ4n) is 2.66. The molecule has 0 spiro atoms. The van der Waals surface area contributed by atoms with Gasteiger partial charge in [-0.15, -0.1) is 0 Å². The van der Waals surface area contributed by atoms with Crippen LogP contribution in [0, 0.1) is 0 Å². The first-order valence-electron chi connectivity index (χ1n) is 6.77. The van der Waals surface area contributed by atoms with Gasteiger partial charge in [0.05, 0.1) is 0 Å². The third kappa shape index (κ3) is 3.59. The maximum absolute atomic E-state index is 9.61. The van der Waals surface area contributed by atoms with Crippen molar-refractivity contribution in [2.45, 2.75) is 31.4 Å². The largest absolute Gasteiger partial charge is 0.508 e. The van der Waals surface area contributed by atoms with E-state index in [0.29, 0.717) is 6.42 Å². The van der Waals surface area contributed by atoms with E-state index in [2.05, 4.69) is 19.1 Å². The number of phenols is 1. The number of rotatable bonds is 5. The number of nitrogens with two attached hydrogens (primary N) is 1. The van der Waals surface area contributed by atoms with Crippen LogP contribution in [-0.2, 0) is 11.8 Å². The first-order valence-corrected chi connectivity index (χ1v) is 6.77. The zero-order valence-corrected chi connectivity index (χ0v) is 11.7. The normalized spacial score (nSPS) is 15.6. The molecule has 2 aromatic carbocycles. The van der Waals surface area contributed by atoms with Crippen LogP contribution < -0.4 is 5.73 Å². The van der Waals surface area contributed by atoms with E-state index in [0.717, 1.165) is 17.5 Å². The average molecular weight is 271 g/mol. The van der Waals surface area contributed by atoms with Crippen LogP contribution in [-0.4, -0.2) is 16.4 Å². The zero-order chi connectivity index (χ0) is 14.6. The third-order valence-electron chi connectivity index (χ3n) is 3.66. The Bertz CT molecular complexity index is 537. The molecular weight excluding hydrogens is 250 g/mol. The molecule has 0 fully saturated rings. The van der Waals surface area contributed by atoms with Gasteiger partial charge in [0.1, 0.15) is 12.0 Å². The Hall–Kier alpha value is -1.84. The van der Waals surface area contributed by atoms with Gasteiger partial charge in [0.25, 0.3) is 0 Å². The summed E-state index contributed by atoms with van der Waals surface area (Å²) in [7, 11) is 0. The van der Waals surface area contributed by atoms with Gasteiger partial charge < -0.3 is 15.9 Å². The van der Waals surface area contributed by atoms with E-state index in [1.165, 1.54) is 0 Å². The van der Waals surface area contributed by atoms with E-state index in [9.17, 15) is 10.2 Å². The zero-order valence-electron chi connectivity index (χ0n) is 11.7. The number of hydrogen-bond acceptors (Lipinski definition) is 3. The molecule has 0 saturated carbocycles. The Balaban J connectivity index is 2.30. The monoisotopic (exact) mass is 271 g/mol. The molecule has 0 radical (unpaired) electrons. The van der Waals surface area contributed by atoms with Crippen molar-refractivity contribution in [1.82, 2.24) is 0 Å². The summed E-state index contributed by atoms with van der Waals surface area (Å²) in [6.07, 6.45) is 0.390. The maximum Gasteiger partial charge on any atom is 0.115 e. The number of hydrogen-bond donors (Lipinski definition) is 3. The minimum atomic E-state index is -0.850. The Morgan fingerprint density at radius 3 is 2.20 bits per heavy atom. The number of phenolic OH excluding ortho intramolecular Hbond substituents is 1. The Kier molecular flexibility index (Phi) is 4.42. The summed E-state index contributed by atoms with van der Waals surface area (Å²) in [4.78, 5) is 0. The van der Waals surface area contributed by atoms with Gasteiger partial charge in [0, 0.05) is 5.41 Å². The van der Waals surface area contributed by atoms with Crippen LogP contribution in [0.15, 0.2) is 54.6 Å². The smallest absolute Gasteiger partial charge is 0.115 e. The predicted octanol–water partition coefficient (Wildman–Crippen LogP) is 2.56. The summed E-state index contributed by atoms with van der Waals surface area (Å²) >= 11 is 0.